The normalized spacial score (nSPS) is 11.3. The molecule has 0 aliphatic heterocycles. The number of hydrogen-bond acceptors (Lipinski definition) is 5. The van der Waals surface area contributed by atoms with E-state index in [0.717, 1.165) is 5.56 Å². The number of halogens is 1. The molecule has 1 amide bonds. The van der Waals surface area contributed by atoms with E-state index >= 15 is 0 Å². The number of rotatable bonds is 6. The van der Waals surface area contributed by atoms with E-state index in [1.807, 2.05) is 12.1 Å². The Kier molecular flexibility index (Phi) is 6.74. The summed E-state index contributed by atoms with van der Waals surface area (Å²) in [4.78, 5) is 35.3. The maximum Gasteiger partial charge on any atom is 0.338 e. The third-order valence-corrected chi connectivity index (χ3v) is 3.97. The van der Waals surface area contributed by atoms with E-state index in [1.165, 1.54) is 31.4 Å². The van der Waals surface area contributed by atoms with Crippen LogP contribution < -0.4 is 5.32 Å². The Labute approximate surface area is 156 Å². The average molecular weight is 376 g/mol. The monoisotopic (exact) mass is 375 g/mol. The van der Waals surface area contributed by atoms with Gasteiger partial charge in [-0.25, -0.2) is 9.59 Å². The van der Waals surface area contributed by atoms with Crippen LogP contribution in [0.4, 0.5) is 0 Å². The topological polar surface area (TPSA) is 81.7 Å². The van der Waals surface area contributed by atoms with Crippen molar-refractivity contribution in [3.8, 4) is 0 Å². The second kappa shape index (κ2) is 9.01. The minimum atomic E-state index is -0.665. The van der Waals surface area contributed by atoms with E-state index in [4.69, 9.17) is 16.3 Å². The molecule has 0 spiro atoms. The van der Waals surface area contributed by atoms with Crippen LogP contribution in [0.5, 0.6) is 0 Å². The molecule has 0 aliphatic carbocycles. The number of nitrogens with one attached hydrogen (secondary N) is 1. The molecular weight excluding hydrogens is 358 g/mol. The van der Waals surface area contributed by atoms with Crippen LogP contribution in [0.1, 0.15) is 39.2 Å². The molecule has 0 saturated heterocycles. The first-order valence-electron chi connectivity index (χ1n) is 7.81. The van der Waals surface area contributed by atoms with Crippen molar-refractivity contribution in [3.63, 3.8) is 0 Å². The fourth-order valence-electron chi connectivity index (χ4n) is 2.26. The highest BCUT2D eigenvalue weighted by molar-refractivity contribution is 6.31. The molecule has 1 atom stereocenters. The van der Waals surface area contributed by atoms with Crippen molar-refractivity contribution < 1.29 is 23.9 Å². The Balaban J connectivity index is 1.87. The van der Waals surface area contributed by atoms with Gasteiger partial charge in [0.15, 0.2) is 6.61 Å². The fourth-order valence-corrected chi connectivity index (χ4v) is 2.56. The van der Waals surface area contributed by atoms with E-state index in [9.17, 15) is 14.4 Å². The Hall–Kier alpha value is -2.86. The van der Waals surface area contributed by atoms with E-state index in [0.29, 0.717) is 10.6 Å². The summed E-state index contributed by atoms with van der Waals surface area (Å²) in [6.45, 7) is 1.36. The van der Waals surface area contributed by atoms with Gasteiger partial charge in [0, 0.05) is 5.02 Å². The maximum atomic E-state index is 12.0. The third kappa shape index (κ3) is 5.07. The Morgan fingerprint density at radius 3 is 2.15 bits per heavy atom. The number of ether oxygens (including phenoxy) is 2. The highest BCUT2D eigenvalue weighted by atomic mass is 35.5. The van der Waals surface area contributed by atoms with Crippen LogP contribution in [-0.4, -0.2) is 31.6 Å². The zero-order chi connectivity index (χ0) is 19.1. The molecule has 0 unspecified atom stereocenters. The molecule has 2 aromatic rings. The molecular formula is C19H18ClNO5. The molecule has 2 rings (SSSR count). The molecule has 0 radical (unpaired) electrons. The molecule has 0 aliphatic rings. The smallest absolute Gasteiger partial charge is 0.338 e. The first-order valence-corrected chi connectivity index (χ1v) is 8.19. The van der Waals surface area contributed by atoms with Gasteiger partial charge in [0.1, 0.15) is 0 Å². The highest BCUT2D eigenvalue weighted by Crippen LogP contribution is 2.21. The number of hydrogen-bond donors (Lipinski definition) is 1. The minimum absolute atomic E-state index is 0.226. The van der Waals surface area contributed by atoms with Crippen LogP contribution >= 0.6 is 11.6 Å². The zero-order valence-corrected chi connectivity index (χ0v) is 15.1. The second-order valence-corrected chi connectivity index (χ2v) is 5.86. The molecule has 0 fully saturated rings. The molecule has 26 heavy (non-hydrogen) atoms. The molecule has 0 heterocycles. The molecule has 1 N–H and O–H groups in total. The van der Waals surface area contributed by atoms with Gasteiger partial charge in [0.05, 0.1) is 24.3 Å². The van der Waals surface area contributed by atoms with Crippen LogP contribution in [0.2, 0.25) is 5.02 Å². The number of carbonyl (C=O) groups is 3. The largest absolute Gasteiger partial charge is 0.465 e. The lowest BCUT2D eigenvalue weighted by Crippen LogP contribution is -2.31. The number of methoxy groups -OCH3 is 1. The molecule has 0 bridgehead atoms. The number of esters is 2. The predicted octanol–water partition coefficient (Wildman–Crippen LogP) is 3.16. The Morgan fingerprint density at radius 1 is 1.00 bits per heavy atom. The first-order chi connectivity index (χ1) is 12.4. The third-order valence-electron chi connectivity index (χ3n) is 3.63. The lowest BCUT2D eigenvalue weighted by molar-refractivity contribution is -0.124. The summed E-state index contributed by atoms with van der Waals surface area (Å²) in [7, 11) is 1.27. The van der Waals surface area contributed by atoms with Crippen molar-refractivity contribution in [3.05, 3.63) is 70.2 Å². The van der Waals surface area contributed by atoms with Gasteiger partial charge in [-0.3, -0.25) is 4.79 Å². The zero-order valence-electron chi connectivity index (χ0n) is 14.3. The second-order valence-electron chi connectivity index (χ2n) is 5.46. The van der Waals surface area contributed by atoms with Gasteiger partial charge >= 0.3 is 11.9 Å². The lowest BCUT2D eigenvalue weighted by atomic mass is 10.1. The summed E-state index contributed by atoms with van der Waals surface area (Å²) in [5.41, 5.74) is 1.31. The molecule has 2 aromatic carbocycles. The van der Waals surface area contributed by atoms with Gasteiger partial charge in [-0.2, -0.15) is 0 Å². The molecule has 136 valence electrons. The lowest BCUT2D eigenvalue weighted by Gasteiger charge is -2.15. The van der Waals surface area contributed by atoms with Gasteiger partial charge in [-0.1, -0.05) is 29.8 Å². The predicted molar refractivity (Wildman–Crippen MR) is 96.1 cm³/mol. The van der Waals surface area contributed by atoms with Crippen molar-refractivity contribution in [1.29, 1.82) is 0 Å². The number of amides is 1. The summed E-state index contributed by atoms with van der Waals surface area (Å²) in [6, 6.07) is 12.6. The SMILES string of the molecule is COC(=O)c1ccc(C(=O)OCC(=O)N[C@@H](C)c2ccccc2Cl)cc1. The van der Waals surface area contributed by atoms with Gasteiger partial charge in [-0.15, -0.1) is 0 Å². The standard InChI is InChI=1S/C19H18ClNO5/c1-12(15-5-3-4-6-16(15)20)21-17(22)11-26-19(24)14-9-7-13(8-10-14)18(23)25-2/h3-10,12H,11H2,1-2H3,(H,21,22)/t12-/m0/s1. The van der Waals surface area contributed by atoms with E-state index < -0.39 is 24.5 Å². The first kappa shape index (κ1) is 19.5. The minimum Gasteiger partial charge on any atom is -0.465 e. The van der Waals surface area contributed by atoms with Crippen molar-refractivity contribution >= 4 is 29.4 Å². The summed E-state index contributed by atoms with van der Waals surface area (Å²) >= 11 is 6.09. The van der Waals surface area contributed by atoms with Gasteiger partial charge in [0.2, 0.25) is 0 Å². The average Bonchev–Trinajstić information content (AvgIpc) is 2.65. The summed E-state index contributed by atoms with van der Waals surface area (Å²) in [6.07, 6.45) is 0. The van der Waals surface area contributed by atoms with Crippen molar-refractivity contribution in [1.82, 2.24) is 5.32 Å². The van der Waals surface area contributed by atoms with Crippen LogP contribution in [0.15, 0.2) is 48.5 Å². The summed E-state index contributed by atoms with van der Waals surface area (Å²) < 4.78 is 9.56. The van der Waals surface area contributed by atoms with Crippen molar-refractivity contribution in [2.24, 2.45) is 0 Å². The van der Waals surface area contributed by atoms with Crippen molar-refractivity contribution in [2.45, 2.75) is 13.0 Å². The quantitative estimate of drug-likeness (QED) is 0.784. The van der Waals surface area contributed by atoms with Gasteiger partial charge in [0.25, 0.3) is 5.91 Å². The van der Waals surface area contributed by atoms with Crippen LogP contribution in [0.3, 0.4) is 0 Å². The van der Waals surface area contributed by atoms with Crippen LogP contribution in [0.25, 0.3) is 0 Å². The van der Waals surface area contributed by atoms with E-state index in [-0.39, 0.29) is 11.6 Å². The maximum absolute atomic E-state index is 12.0. The Morgan fingerprint density at radius 2 is 1.58 bits per heavy atom. The molecule has 6 nitrogen and oxygen atoms in total. The molecule has 0 saturated carbocycles. The highest BCUT2D eigenvalue weighted by Gasteiger charge is 2.15. The summed E-state index contributed by atoms with van der Waals surface area (Å²) in [5.74, 6) is -1.61. The number of benzene rings is 2. The Bertz CT molecular complexity index is 804. The van der Waals surface area contributed by atoms with E-state index in [2.05, 4.69) is 10.1 Å². The molecule has 0 aromatic heterocycles. The fraction of sp³-hybridized carbons (Fsp3) is 0.211. The van der Waals surface area contributed by atoms with Gasteiger partial charge in [-0.05, 0) is 42.8 Å². The molecule has 7 heteroatoms. The van der Waals surface area contributed by atoms with Gasteiger partial charge < -0.3 is 14.8 Å². The van der Waals surface area contributed by atoms with Crippen LogP contribution in [0, 0.1) is 0 Å². The summed E-state index contributed by atoms with van der Waals surface area (Å²) in [5, 5.41) is 3.26. The number of carbonyl (C=O) groups excluding carboxylic acids is 3. The van der Waals surface area contributed by atoms with E-state index in [1.54, 1.807) is 19.1 Å². The van der Waals surface area contributed by atoms with Crippen molar-refractivity contribution in [2.75, 3.05) is 13.7 Å². The van der Waals surface area contributed by atoms with Crippen LogP contribution in [-0.2, 0) is 14.3 Å².